The number of phenolic OH excluding ortho intramolecular Hbond substituents is 1. The van der Waals surface area contributed by atoms with E-state index in [0.717, 1.165) is 6.07 Å². The molecular formula is C23H26FN3O7. The van der Waals surface area contributed by atoms with Crippen LogP contribution in [0.25, 0.3) is 5.76 Å². The number of carbonyl (C=O) groups excluding carboxylic acids is 3. The monoisotopic (exact) mass is 475 g/mol. The third-order valence-corrected chi connectivity index (χ3v) is 7.13. The number of hydrogen-bond donors (Lipinski definition) is 5. The number of primary amides is 1. The van der Waals surface area contributed by atoms with Gasteiger partial charge in [-0.2, -0.15) is 0 Å². The lowest BCUT2D eigenvalue weighted by molar-refractivity contribution is -0.153. The molecule has 0 heterocycles. The molecule has 0 aromatic heterocycles. The Morgan fingerprint density at radius 1 is 1.18 bits per heavy atom. The van der Waals surface area contributed by atoms with Gasteiger partial charge < -0.3 is 31.1 Å². The van der Waals surface area contributed by atoms with Gasteiger partial charge in [0.25, 0.3) is 5.91 Å². The lowest BCUT2D eigenvalue weighted by Gasteiger charge is -2.50. The number of halogens is 1. The minimum atomic E-state index is -2.72. The van der Waals surface area contributed by atoms with Crippen LogP contribution in [0.5, 0.6) is 5.75 Å². The molecular weight excluding hydrogens is 449 g/mol. The fraction of sp³-hybridized carbons (Fsp3) is 0.435. The SMILES string of the molecule is CN(C)c1cc(F)c2c(c1O)C(O)=C1C(=O)[C@]3(O)C(O)=C(C(N)=O)C(=O)[C@@H](N(C)C)[C@@H]3C[C@@H]1C2. The number of phenols is 1. The first kappa shape index (κ1) is 23.7. The van der Waals surface area contributed by atoms with E-state index in [-0.39, 0.29) is 35.2 Å². The molecule has 1 saturated carbocycles. The Bertz CT molecular complexity index is 1220. The fourth-order valence-electron chi connectivity index (χ4n) is 5.59. The van der Waals surface area contributed by atoms with Crippen molar-refractivity contribution in [1.82, 2.24) is 4.90 Å². The van der Waals surface area contributed by atoms with Crippen molar-refractivity contribution in [2.75, 3.05) is 33.1 Å². The maximum Gasteiger partial charge on any atom is 0.255 e. The molecule has 0 bridgehead atoms. The highest BCUT2D eigenvalue weighted by atomic mass is 19.1. The summed E-state index contributed by atoms with van der Waals surface area (Å²) in [7, 11) is 6.14. The molecule has 0 spiro atoms. The number of hydrogen-bond acceptors (Lipinski definition) is 9. The first-order valence-electron chi connectivity index (χ1n) is 10.6. The zero-order valence-electron chi connectivity index (χ0n) is 19.1. The molecule has 0 unspecified atom stereocenters. The lowest BCUT2D eigenvalue weighted by atomic mass is 9.57. The van der Waals surface area contributed by atoms with Gasteiger partial charge in [-0.05, 0) is 32.9 Å². The van der Waals surface area contributed by atoms with Crippen LogP contribution in [0.2, 0.25) is 0 Å². The quantitative estimate of drug-likeness (QED) is 0.383. The van der Waals surface area contributed by atoms with Crippen LogP contribution >= 0.6 is 0 Å². The van der Waals surface area contributed by atoms with Crippen LogP contribution in [0.4, 0.5) is 10.1 Å². The Morgan fingerprint density at radius 2 is 1.79 bits per heavy atom. The summed E-state index contributed by atoms with van der Waals surface area (Å²) in [4.78, 5) is 41.5. The number of rotatable bonds is 3. The lowest BCUT2D eigenvalue weighted by Crippen LogP contribution is -2.65. The van der Waals surface area contributed by atoms with E-state index in [0.29, 0.717) is 0 Å². The van der Waals surface area contributed by atoms with E-state index in [2.05, 4.69) is 0 Å². The van der Waals surface area contributed by atoms with Gasteiger partial charge in [0.05, 0.1) is 17.3 Å². The van der Waals surface area contributed by atoms with Gasteiger partial charge in [-0.3, -0.25) is 19.3 Å². The van der Waals surface area contributed by atoms with Crippen molar-refractivity contribution in [3.63, 3.8) is 0 Å². The van der Waals surface area contributed by atoms with Gasteiger partial charge in [-0.15, -0.1) is 0 Å². The summed E-state index contributed by atoms with van der Waals surface area (Å²) in [5.41, 5.74) is 1.13. The third-order valence-electron chi connectivity index (χ3n) is 7.13. The highest BCUT2D eigenvalue weighted by Gasteiger charge is 2.64. The fourth-order valence-corrected chi connectivity index (χ4v) is 5.59. The molecule has 3 aliphatic carbocycles. The Kier molecular flexibility index (Phi) is 5.26. The smallest absolute Gasteiger partial charge is 0.255 e. The standard InChI is InChI=1S/C23H26FN3O7/c1-26(2)12-7-11(24)9-5-8-6-10-16(27(3)4)19(30)15(22(25)33)21(32)23(10,34)20(31)13(8)18(29)14(9)17(12)28/h7-8,10,16,28-29,32,34H,5-6H2,1-4H3,(H2,25,33)/t8-,10-,16-,23-/m0/s1. The van der Waals surface area contributed by atoms with E-state index in [1.54, 1.807) is 14.1 Å². The number of amides is 1. The summed E-state index contributed by atoms with van der Waals surface area (Å²) in [5, 5.41) is 44.1. The van der Waals surface area contributed by atoms with Crippen LogP contribution in [0.1, 0.15) is 17.5 Å². The minimum absolute atomic E-state index is 0.00582. The minimum Gasteiger partial charge on any atom is -0.508 e. The number of likely N-dealkylation sites (N-methyl/N-ethyl adjacent to an activating group) is 1. The number of aliphatic hydroxyl groups excluding tert-OH is 2. The highest BCUT2D eigenvalue weighted by Crippen LogP contribution is 2.53. The Balaban J connectivity index is 2.00. The molecule has 1 amide bonds. The van der Waals surface area contributed by atoms with E-state index in [4.69, 9.17) is 5.73 Å². The molecule has 0 radical (unpaired) electrons. The number of nitrogens with two attached hydrogens (primary N) is 1. The average molecular weight is 475 g/mol. The number of Topliss-reactive ketones (excluding diaryl/α,β-unsaturated/α-hetero) is 2. The first-order chi connectivity index (χ1) is 15.7. The number of fused-ring (bicyclic) bond motifs is 3. The van der Waals surface area contributed by atoms with Crippen LogP contribution in [-0.4, -0.2) is 82.6 Å². The van der Waals surface area contributed by atoms with Gasteiger partial charge in [0, 0.05) is 37.2 Å². The molecule has 10 nitrogen and oxygen atoms in total. The van der Waals surface area contributed by atoms with Crippen molar-refractivity contribution >= 4 is 28.9 Å². The summed E-state index contributed by atoms with van der Waals surface area (Å²) in [6.07, 6.45) is -0.191. The van der Waals surface area contributed by atoms with Crippen LogP contribution in [-0.2, 0) is 20.8 Å². The van der Waals surface area contributed by atoms with Gasteiger partial charge in [0.15, 0.2) is 11.4 Å². The molecule has 1 aromatic carbocycles. The predicted octanol–water partition coefficient (Wildman–Crippen LogP) is 0.169. The Morgan fingerprint density at radius 3 is 2.32 bits per heavy atom. The van der Waals surface area contributed by atoms with E-state index in [1.807, 2.05) is 0 Å². The predicted molar refractivity (Wildman–Crippen MR) is 119 cm³/mol. The molecule has 4 atom stereocenters. The summed E-state index contributed by atoms with van der Waals surface area (Å²) in [5.74, 6) is -8.34. The number of aromatic hydroxyl groups is 1. The van der Waals surface area contributed by atoms with Crippen LogP contribution < -0.4 is 10.6 Å². The average Bonchev–Trinajstić information content (AvgIpc) is 2.72. The largest absolute Gasteiger partial charge is 0.508 e. The highest BCUT2D eigenvalue weighted by molar-refractivity contribution is 6.24. The second-order valence-corrected chi connectivity index (χ2v) is 9.44. The number of benzene rings is 1. The Hall–Kier alpha value is -3.44. The molecule has 6 N–H and O–H groups in total. The first-order valence-corrected chi connectivity index (χ1v) is 10.6. The maximum atomic E-state index is 15.0. The molecule has 182 valence electrons. The molecule has 4 rings (SSSR count). The normalized spacial score (nSPS) is 28.6. The maximum absolute atomic E-state index is 15.0. The third kappa shape index (κ3) is 2.90. The number of aliphatic hydroxyl groups is 3. The zero-order valence-corrected chi connectivity index (χ0v) is 19.1. The van der Waals surface area contributed by atoms with Crippen molar-refractivity contribution in [2.45, 2.75) is 24.5 Å². The van der Waals surface area contributed by atoms with Gasteiger partial charge >= 0.3 is 0 Å². The topological polar surface area (TPSA) is 165 Å². The zero-order chi connectivity index (χ0) is 25.4. The molecule has 0 aliphatic heterocycles. The van der Waals surface area contributed by atoms with Gasteiger partial charge in [0.1, 0.15) is 28.7 Å². The van der Waals surface area contributed by atoms with Crippen LogP contribution in [0, 0.1) is 17.7 Å². The molecule has 1 aromatic rings. The second kappa shape index (κ2) is 7.54. The molecule has 34 heavy (non-hydrogen) atoms. The van der Waals surface area contributed by atoms with Crippen molar-refractivity contribution in [3.8, 4) is 5.75 Å². The number of ketones is 2. The number of nitrogens with zero attached hydrogens (tertiary/aromatic N) is 2. The van der Waals surface area contributed by atoms with E-state index in [1.165, 1.54) is 23.9 Å². The summed E-state index contributed by atoms with van der Waals surface area (Å²) < 4.78 is 15.0. The molecule has 3 aliphatic rings. The summed E-state index contributed by atoms with van der Waals surface area (Å²) >= 11 is 0. The van der Waals surface area contributed by atoms with E-state index in [9.17, 15) is 34.8 Å². The molecule has 1 fully saturated rings. The second-order valence-electron chi connectivity index (χ2n) is 9.44. The van der Waals surface area contributed by atoms with Crippen molar-refractivity contribution in [2.24, 2.45) is 17.6 Å². The van der Waals surface area contributed by atoms with Crippen molar-refractivity contribution in [1.29, 1.82) is 0 Å². The van der Waals surface area contributed by atoms with Gasteiger partial charge in [0.2, 0.25) is 5.78 Å². The van der Waals surface area contributed by atoms with Crippen LogP contribution in [0.15, 0.2) is 23.0 Å². The Labute approximate surface area is 194 Å². The molecule has 0 saturated heterocycles. The van der Waals surface area contributed by atoms with Gasteiger partial charge in [-0.25, -0.2) is 4.39 Å². The molecule has 11 heteroatoms. The van der Waals surface area contributed by atoms with Crippen molar-refractivity contribution in [3.05, 3.63) is 39.9 Å². The van der Waals surface area contributed by atoms with Gasteiger partial charge in [-0.1, -0.05) is 0 Å². The summed E-state index contributed by atoms with van der Waals surface area (Å²) in [6, 6.07) is -0.0692. The van der Waals surface area contributed by atoms with E-state index >= 15 is 4.39 Å². The number of carbonyl (C=O) groups is 3. The van der Waals surface area contributed by atoms with Crippen molar-refractivity contribution < 1.29 is 39.2 Å². The van der Waals surface area contributed by atoms with E-state index < -0.39 is 69.6 Å². The van der Waals surface area contributed by atoms with Crippen LogP contribution in [0.3, 0.4) is 0 Å². The number of anilines is 1. The summed E-state index contributed by atoms with van der Waals surface area (Å²) in [6.45, 7) is 0.